The van der Waals surface area contributed by atoms with E-state index in [4.69, 9.17) is 0 Å². The highest BCUT2D eigenvalue weighted by atomic mass is 16.2. The van der Waals surface area contributed by atoms with E-state index >= 15 is 0 Å². The van der Waals surface area contributed by atoms with E-state index in [1.165, 1.54) is 7.05 Å². The minimum atomic E-state index is -1.24. The molecule has 2 fully saturated rings. The minimum Gasteiger partial charge on any atom is -0.366 e. The van der Waals surface area contributed by atoms with E-state index in [9.17, 15) is 14.4 Å². The molecular formula is C19H23N3O3. The monoisotopic (exact) mass is 341 g/mol. The Kier molecular flexibility index (Phi) is 3.42. The number of piperidine rings is 1. The molecule has 4 atom stereocenters. The molecule has 0 saturated carbocycles. The van der Waals surface area contributed by atoms with Crippen LogP contribution in [0, 0.1) is 17.3 Å². The summed E-state index contributed by atoms with van der Waals surface area (Å²) in [6.07, 6.45) is 1.30. The van der Waals surface area contributed by atoms with Crippen molar-refractivity contribution >= 4 is 23.5 Å². The van der Waals surface area contributed by atoms with Crippen molar-refractivity contribution in [3.05, 3.63) is 29.8 Å². The number of para-hydroxylation sites is 1. The van der Waals surface area contributed by atoms with E-state index in [0.717, 1.165) is 29.1 Å². The predicted molar refractivity (Wildman–Crippen MR) is 93.0 cm³/mol. The normalized spacial score (nSPS) is 34.7. The lowest BCUT2D eigenvalue weighted by Crippen LogP contribution is -2.73. The van der Waals surface area contributed by atoms with E-state index in [0.29, 0.717) is 12.3 Å². The number of hydrogen-bond donors (Lipinski definition) is 1. The van der Waals surface area contributed by atoms with Gasteiger partial charge in [0.25, 0.3) is 0 Å². The largest absolute Gasteiger partial charge is 0.366 e. The second-order valence-corrected chi connectivity index (χ2v) is 7.82. The summed E-state index contributed by atoms with van der Waals surface area (Å²) in [7, 11) is 1.45. The van der Waals surface area contributed by atoms with Crippen LogP contribution in [-0.4, -0.2) is 42.4 Å². The topological polar surface area (TPSA) is 69.7 Å². The van der Waals surface area contributed by atoms with Crippen LogP contribution < -0.4 is 10.2 Å². The summed E-state index contributed by atoms with van der Waals surface area (Å²) in [5, 5.41) is 2.42. The number of rotatable bonds is 0. The van der Waals surface area contributed by atoms with Gasteiger partial charge in [0.2, 0.25) is 11.8 Å². The van der Waals surface area contributed by atoms with Gasteiger partial charge in [-0.25, -0.2) is 4.79 Å². The van der Waals surface area contributed by atoms with Crippen LogP contribution in [0.2, 0.25) is 0 Å². The van der Waals surface area contributed by atoms with E-state index in [2.05, 4.69) is 30.1 Å². The Balaban J connectivity index is 1.92. The zero-order chi connectivity index (χ0) is 17.9. The van der Waals surface area contributed by atoms with Gasteiger partial charge in [0.05, 0.1) is 6.04 Å². The number of imide groups is 2. The molecule has 4 rings (SSSR count). The fraction of sp³-hybridized carbons (Fsp3) is 0.526. The van der Waals surface area contributed by atoms with Crippen LogP contribution >= 0.6 is 0 Å². The minimum absolute atomic E-state index is 0.174. The van der Waals surface area contributed by atoms with E-state index in [-0.39, 0.29) is 17.9 Å². The van der Waals surface area contributed by atoms with Crippen LogP contribution in [0.1, 0.15) is 25.8 Å². The molecule has 0 radical (unpaired) electrons. The molecule has 0 bridgehead atoms. The third-order valence-corrected chi connectivity index (χ3v) is 6.05. The molecule has 6 heteroatoms. The molecule has 3 heterocycles. The smallest absolute Gasteiger partial charge is 0.330 e. The molecular weight excluding hydrogens is 318 g/mol. The van der Waals surface area contributed by atoms with Gasteiger partial charge in [0.1, 0.15) is 0 Å². The fourth-order valence-electron chi connectivity index (χ4n) is 5.14. The van der Waals surface area contributed by atoms with E-state index < -0.39 is 17.4 Å². The highest BCUT2D eigenvalue weighted by Gasteiger charge is 2.63. The average Bonchev–Trinajstić information content (AvgIpc) is 2.57. The van der Waals surface area contributed by atoms with Crippen LogP contribution in [0.5, 0.6) is 0 Å². The molecule has 2 saturated heterocycles. The van der Waals surface area contributed by atoms with Gasteiger partial charge in [-0.3, -0.25) is 19.8 Å². The van der Waals surface area contributed by atoms with Crippen LogP contribution in [0.4, 0.5) is 10.5 Å². The quantitative estimate of drug-likeness (QED) is 0.731. The zero-order valence-corrected chi connectivity index (χ0v) is 14.8. The maximum atomic E-state index is 13.2. The van der Waals surface area contributed by atoms with Gasteiger partial charge in [0.15, 0.2) is 5.41 Å². The summed E-state index contributed by atoms with van der Waals surface area (Å²) < 4.78 is 0. The summed E-state index contributed by atoms with van der Waals surface area (Å²) >= 11 is 0. The van der Waals surface area contributed by atoms with Gasteiger partial charge in [-0.15, -0.1) is 0 Å². The van der Waals surface area contributed by atoms with Crippen molar-refractivity contribution < 1.29 is 14.4 Å². The molecule has 3 aliphatic rings. The molecule has 1 spiro atoms. The summed E-state index contributed by atoms with van der Waals surface area (Å²) in [5.74, 6) is -0.178. The number of nitrogens with one attached hydrogen (secondary N) is 1. The summed E-state index contributed by atoms with van der Waals surface area (Å²) in [5.41, 5.74) is 0.860. The lowest BCUT2D eigenvalue weighted by molar-refractivity contribution is -0.154. The summed E-state index contributed by atoms with van der Waals surface area (Å²) in [6.45, 7) is 5.13. The molecule has 3 aliphatic heterocycles. The first-order valence-corrected chi connectivity index (χ1v) is 8.84. The predicted octanol–water partition coefficient (Wildman–Crippen LogP) is 1.79. The van der Waals surface area contributed by atoms with Crippen molar-refractivity contribution in [2.75, 3.05) is 18.5 Å². The molecule has 6 nitrogen and oxygen atoms in total. The Morgan fingerprint density at radius 1 is 1.16 bits per heavy atom. The van der Waals surface area contributed by atoms with Crippen LogP contribution in [0.3, 0.4) is 0 Å². The van der Waals surface area contributed by atoms with Gasteiger partial charge in [-0.1, -0.05) is 32.0 Å². The van der Waals surface area contributed by atoms with E-state index in [1.54, 1.807) is 0 Å². The van der Waals surface area contributed by atoms with Crippen LogP contribution in [-0.2, 0) is 16.0 Å². The summed E-state index contributed by atoms with van der Waals surface area (Å²) in [6, 6.07) is 7.11. The van der Waals surface area contributed by atoms with Crippen molar-refractivity contribution in [1.82, 2.24) is 10.2 Å². The molecule has 0 unspecified atom stereocenters. The molecule has 0 aromatic heterocycles. The maximum Gasteiger partial charge on any atom is 0.330 e. The lowest BCUT2D eigenvalue weighted by atomic mass is 9.62. The lowest BCUT2D eigenvalue weighted by Gasteiger charge is -2.56. The van der Waals surface area contributed by atoms with Gasteiger partial charge in [0, 0.05) is 19.3 Å². The number of carbonyl (C=O) groups excluding carboxylic acids is 3. The Labute approximate surface area is 147 Å². The van der Waals surface area contributed by atoms with Crippen molar-refractivity contribution in [3.8, 4) is 0 Å². The average molecular weight is 341 g/mol. The highest BCUT2D eigenvalue weighted by molar-refractivity contribution is 6.20. The Hall–Kier alpha value is -2.37. The number of carbonyl (C=O) groups is 3. The Morgan fingerprint density at radius 3 is 2.64 bits per heavy atom. The van der Waals surface area contributed by atoms with Gasteiger partial charge >= 0.3 is 6.03 Å². The van der Waals surface area contributed by atoms with Gasteiger partial charge in [-0.05, 0) is 36.3 Å². The Bertz CT molecular complexity index is 777. The fourth-order valence-corrected chi connectivity index (χ4v) is 5.14. The van der Waals surface area contributed by atoms with Gasteiger partial charge in [-0.2, -0.15) is 0 Å². The highest BCUT2D eigenvalue weighted by Crippen LogP contribution is 2.49. The number of anilines is 1. The standard InChI is InChI=1S/C19H23N3O3/c1-11-8-12(2)15-19(16(23)20-18(25)21(3)17(19)24)9-13-6-4-5-7-14(13)22(15)10-11/h4-7,11-12,15H,8-10H2,1-3H3,(H,20,23,25)/t11-,12+,15-,19-/m1/s1. The molecule has 1 N–H and O–H groups in total. The SMILES string of the molecule is C[C@@H]1C[C@H](C)[C@H]2N(C1)c1ccccc1C[C@]21C(=O)NC(=O)N(C)C1=O. The molecule has 1 aromatic carbocycles. The van der Waals surface area contributed by atoms with Crippen molar-refractivity contribution in [2.24, 2.45) is 17.3 Å². The van der Waals surface area contributed by atoms with Crippen molar-refractivity contribution in [1.29, 1.82) is 0 Å². The van der Waals surface area contributed by atoms with Gasteiger partial charge < -0.3 is 4.90 Å². The first kappa shape index (κ1) is 16.1. The molecule has 1 aromatic rings. The Morgan fingerprint density at radius 2 is 1.88 bits per heavy atom. The van der Waals surface area contributed by atoms with Crippen LogP contribution in [0.15, 0.2) is 24.3 Å². The number of nitrogens with zero attached hydrogens (tertiary/aromatic N) is 2. The zero-order valence-electron chi connectivity index (χ0n) is 14.8. The molecule has 0 aliphatic carbocycles. The molecule has 4 amide bonds. The number of hydrogen-bond acceptors (Lipinski definition) is 4. The first-order chi connectivity index (χ1) is 11.9. The third kappa shape index (κ3) is 2.06. The van der Waals surface area contributed by atoms with Crippen LogP contribution in [0.25, 0.3) is 0 Å². The van der Waals surface area contributed by atoms with E-state index in [1.807, 2.05) is 18.2 Å². The number of benzene rings is 1. The second kappa shape index (κ2) is 5.31. The second-order valence-electron chi connectivity index (χ2n) is 7.82. The molecule has 132 valence electrons. The van der Waals surface area contributed by atoms with Crippen molar-refractivity contribution in [2.45, 2.75) is 32.7 Å². The first-order valence-electron chi connectivity index (χ1n) is 8.84. The third-order valence-electron chi connectivity index (χ3n) is 6.05. The summed E-state index contributed by atoms with van der Waals surface area (Å²) in [4.78, 5) is 41.5. The number of barbiturate groups is 1. The molecule has 25 heavy (non-hydrogen) atoms. The number of fused-ring (bicyclic) bond motifs is 4. The van der Waals surface area contributed by atoms with Crippen molar-refractivity contribution in [3.63, 3.8) is 0 Å². The maximum absolute atomic E-state index is 13.2. The number of urea groups is 1. The number of amides is 4.